The molecule has 9 heteroatoms. The van der Waals surface area contributed by atoms with Gasteiger partial charge in [-0.1, -0.05) is 18.3 Å². The van der Waals surface area contributed by atoms with Crippen LogP contribution in [0.25, 0.3) is 16.0 Å². The summed E-state index contributed by atoms with van der Waals surface area (Å²) >= 11 is 1.61. The molecule has 33 heavy (non-hydrogen) atoms. The Morgan fingerprint density at radius 1 is 1.18 bits per heavy atom. The molecule has 7 nitrogen and oxygen atoms in total. The highest BCUT2D eigenvalue weighted by atomic mass is 32.1. The number of amides is 1. The molecule has 2 bridgehead atoms. The summed E-state index contributed by atoms with van der Waals surface area (Å²) in [6, 6.07) is 8.38. The molecule has 1 saturated carbocycles. The molecule has 4 aromatic rings. The van der Waals surface area contributed by atoms with Crippen molar-refractivity contribution in [2.75, 3.05) is 0 Å². The number of hydrogen-bond acceptors (Lipinski definition) is 6. The molecule has 3 aromatic heterocycles. The van der Waals surface area contributed by atoms with Crippen molar-refractivity contribution >= 4 is 27.6 Å². The molecule has 168 valence electrons. The lowest BCUT2D eigenvalue weighted by molar-refractivity contribution is -0.0570. The maximum atomic E-state index is 14.2. The van der Waals surface area contributed by atoms with Gasteiger partial charge in [-0.25, -0.2) is 14.4 Å². The summed E-state index contributed by atoms with van der Waals surface area (Å²) in [7, 11) is 0. The Kier molecular flexibility index (Phi) is 4.94. The summed E-state index contributed by atoms with van der Waals surface area (Å²) in [5.74, 6) is 0.434. The van der Waals surface area contributed by atoms with E-state index >= 15 is 0 Å². The predicted molar refractivity (Wildman–Crippen MR) is 123 cm³/mol. The maximum Gasteiger partial charge on any atom is 0.256 e. The number of piperidine rings is 2. The number of pyridine rings is 1. The van der Waals surface area contributed by atoms with E-state index in [0.717, 1.165) is 41.0 Å². The highest BCUT2D eigenvalue weighted by Crippen LogP contribution is 2.48. The molecule has 1 aromatic carbocycles. The van der Waals surface area contributed by atoms with Gasteiger partial charge < -0.3 is 4.90 Å². The molecule has 7 rings (SSSR count). The zero-order valence-corrected chi connectivity index (χ0v) is 19.0. The Bertz CT molecular complexity index is 1280. The van der Waals surface area contributed by atoms with Crippen molar-refractivity contribution in [1.29, 1.82) is 0 Å². The van der Waals surface area contributed by atoms with E-state index in [2.05, 4.69) is 22.1 Å². The second-order valence-electron chi connectivity index (χ2n) is 8.98. The molecule has 1 amide bonds. The lowest BCUT2D eigenvalue weighted by Crippen LogP contribution is -2.63. The van der Waals surface area contributed by atoms with E-state index in [-0.39, 0.29) is 18.0 Å². The van der Waals surface area contributed by atoms with Gasteiger partial charge in [-0.15, -0.1) is 0 Å². The minimum absolute atomic E-state index is 0.0802. The fourth-order valence-electron chi connectivity index (χ4n) is 5.37. The first kappa shape index (κ1) is 20.4. The van der Waals surface area contributed by atoms with E-state index in [4.69, 9.17) is 4.98 Å². The van der Waals surface area contributed by atoms with Crippen molar-refractivity contribution in [2.45, 2.75) is 44.7 Å². The van der Waals surface area contributed by atoms with Gasteiger partial charge in [0, 0.05) is 24.7 Å². The Labute approximate surface area is 194 Å². The van der Waals surface area contributed by atoms with Crippen molar-refractivity contribution in [3.8, 4) is 5.69 Å². The number of carbonyl (C=O) groups is 1. The van der Waals surface area contributed by atoms with E-state index in [1.807, 2.05) is 17.0 Å². The third kappa shape index (κ3) is 3.51. The summed E-state index contributed by atoms with van der Waals surface area (Å²) in [5, 5.41) is 9.36. The van der Waals surface area contributed by atoms with Crippen LogP contribution in [0.1, 0.15) is 41.6 Å². The van der Waals surface area contributed by atoms with Gasteiger partial charge in [0.05, 0.1) is 28.7 Å². The molecule has 0 N–H and O–H groups in total. The number of fused-ring (bicyclic) bond motifs is 3. The Morgan fingerprint density at radius 2 is 2.00 bits per heavy atom. The van der Waals surface area contributed by atoms with Crippen LogP contribution in [-0.2, 0) is 6.42 Å². The average Bonchev–Trinajstić information content (AvgIpc) is 3.46. The quantitative estimate of drug-likeness (QED) is 0.442. The third-order valence-corrected chi connectivity index (χ3v) is 8.21. The van der Waals surface area contributed by atoms with Crippen molar-refractivity contribution in [1.82, 2.24) is 29.9 Å². The van der Waals surface area contributed by atoms with Crippen LogP contribution in [0.2, 0.25) is 0 Å². The first-order valence-corrected chi connectivity index (χ1v) is 12.1. The molecule has 2 atom stereocenters. The van der Waals surface area contributed by atoms with Crippen LogP contribution in [0, 0.1) is 17.7 Å². The number of nitrogens with zero attached hydrogens (tertiary/aromatic N) is 6. The summed E-state index contributed by atoms with van der Waals surface area (Å²) in [4.78, 5) is 27.3. The molecular formula is C24H23FN6OS. The summed E-state index contributed by atoms with van der Waals surface area (Å²) < 4.78 is 14.2. The minimum atomic E-state index is -0.440. The second-order valence-corrected chi connectivity index (χ2v) is 10.0. The molecule has 5 heterocycles. The fraction of sp³-hybridized carbons (Fsp3) is 0.375. The Morgan fingerprint density at radius 3 is 2.79 bits per heavy atom. The monoisotopic (exact) mass is 462 g/mol. The van der Waals surface area contributed by atoms with Gasteiger partial charge >= 0.3 is 0 Å². The van der Waals surface area contributed by atoms with Crippen LogP contribution in [-0.4, -0.2) is 47.9 Å². The van der Waals surface area contributed by atoms with Gasteiger partial charge in [0.2, 0.25) is 0 Å². The van der Waals surface area contributed by atoms with E-state index < -0.39 is 5.82 Å². The molecule has 2 saturated heterocycles. The first-order chi connectivity index (χ1) is 16.1. The van der Waals surface area contributed by atoms with Crippen LogP contribution < -0.4 is 0 Å². The minimum Gasteiger partial charge on any atom is -0.332 e. The van der Waals surface area contributed by atoms with Gasteiger partial charge in [-0.2, -0.15) is 15.0 Å². The summed E-state index contributed by atoms with van der Waals surface area (Å²) in [6.07, 6.45) is 8.52. The van der Waals surface area contributed by atoms with Gasteiger partial charge in [-0.3, -0.25) is 4.79 Å². The number of thiazole rings is 1. The zero-order valence-electron chi connectivity index (χ0n) is 18.1. The number of rotatable bonds is 5. The number of hydrogen-bond donors (Lipinski definition) is 0. The molecule has 3 aliphatic rings. The predicted octanol–water partition coefficient (Wildman–Crippen LogP) is 4.28. The number of halogens is 1. The highest BCUT2D eigenvalue weighted by molar-refractivity contribution is 7.18. The summed E-state index contributed by atoms with van der Waals surface area (Å²) in [6.45, 7) is 2.24. The Hall–Kier alpha value is -3.20. The molecule has 2 aliphatic heterocycles. The smallest absolute Gasteiger partial charge is 0.256 e. The molecular weight excluding hydrogens is 439 g/mol. The maximum absolute atomic E-state index is 14.2. The van der Waals surface area contributed by atoms with E-state index in [0.29, 0.717) is 23.1 Å². The number of aromatic nitrogens is 5. The summed E-state index contributed by atoms with van der Waals surface area (Å²) in [5.41, 5.74) is 1.72. The first-order valence-electron chi connectivity index (χ1n) is 11.3. The number of benzene rings is 1. The van der Waals surface area contributed by atoms with Crippen LogP contribution in [0.3, 0.4) is 0 Å². The van der Waals surface area contributed by atoms with E-state index in [1.54, 1.807) is 36.0 Å². The molecule has 0 spiro atoms. The fourth-order valence-corrected chi connectivity index (χ4v) is 6.29. The average molecular weight is 463 g/mol. The number of aryl methyl sites for hydroxylation is 1. The van der Waals surface area contributed by atoms with Crippen LogP contribution in [0.5, 0.6) is 0 Å². The van der Waals surface area contributed by atoms with E-state index in [1.165, 1.54) is 16.9 Å². The van der Waals surface area contributed by atoms with Crippen molar-refractivity contribution < 1.29 is 9.18 Å². The van der Waals surface area contributed by atoms with Gasteiger partial charge in [0.15, 0.2) is 0 Å². The number of carbonyl (C=O) groups excluding carboxylic acids is 1. The van der Waals surface area contributed by atoms with Gasteiger partial charge in [0.1, 0.15) is 16.2 Å². The van der Waals surface area contributed by atoms with E-state index in [9.17, 15) is 9.18 Å². The topological polar surface area (TPSA) is 76.8 Å². The van der Waals surface area contributed by atoms with Crippen LogP contribution in [0.15, 0.2) is 48.9 Å². The van der Waals surface area contributed by atoms with Crippen molar-refractivity contribution in [3.63, 3.8) is 0 Å². The van der Waals surface area contributed by atoms with Crippen molar-refractivity contribution in [3.05, 3.63) is 65.3 Å². The molecule has 0 radical (unpaired) electrons. The largest absolute Gasteiger partial charge is 0.332 e. The van der Waals surface area contributed by atoms with Crippen LogP contribution >= 0.6 is 11.3 Å². The Balaban J connectivity index is 1.31. The van der Waals surface area contributed by atoms with Gasteiger partial charge in [-0.05, 0) is 61.4 Å². The standard InChI is InChI=1S/C24H23FN6OS/c1-14-15-11-17(12-15)30(20(14)6-7-22-29-19-3-2-8-26-23(19)33-22)24(32)18-13-16(25)4-5-21(18)31-27-9-10-28-31/h2-5,8-10,13-15,17,20H,6-7,11-12H2,1H3/t14-,15?,17?,20?/m1/s1. The normalized spacial score (nSPS) is 24.1. The van der Waals surface area contributed by atoms with Crippen molar-refractivity contribution in [2.24, 2.45) is 11.8 Å². The SMILES string of the molecule is C[C@@H]1C2CC(C2)N(C(=O)c2cc(F)ccc2-n2nccn2)C1CCc1nc2cccnc2s1. The molecule has 1 unspecified atom stereocenters. The molecule has 3 fully saturated rings. The van der Waals surface area contributed by atoms with Crippen LogP contribution in [0.4, 0.5) is 4.39 Å². The molecule has 1 aliphatic carbocycles. The third-order valence-electron chi connectivity index (χ3n) is 7.17. The lowest BCUT2D eigenvalue weighted by Gasteiger charge is -2.57. The zero-order chi connectivity index (χ0) is 22.5. The lowest BCUT2D eigenvalue weighted by atomic mass is 9.64. The second kappa shape index (κ2) is 7.98. The van der Waals surface area contributed by atoms with Gasteiger partial charge in [0.25, 0.3) is 5.91 Å². The highest BCUT2D eigenvalue weighted by Gasteiger charge is 2.50.